The Balaban J connectivity index is 1.78. The molecular formula is C20H17ClFN3O. The Labute approximate surface area is 156 Å². The third-order valence-electron chi connectivity index (χ3n) is 5.44. The van der Waals surface area contributed by atoms with Crippen LogP contribution in [0.15, 0.2) is 42.5 Å². The fourth-order valence-electron chi connectivity index (χ4n) is 4.12. The van der Waals surface area contributed by atoms with Crippen molar-refractivity contribution in [2.24, 2.45) is 5.41 Å². The summed E-state index contributed by atoms with van der Waals surface area (Å²) in [5.41, 5.74) is 1.70. The molecule has 0 aliphatic carbocycles. The van der Waals surface area contributed by atoms with Crippen LogP contribution in [-0.4, -0.2) is 19.0 Å². The summed E-state index contributed by atoms with van der Waals surface area (Å²) >= 11 is 5.94. The lowest BCUT2D eigenvalue weighted by atomic mass is 9.62. The normalized spacial score (nSPS) is 21.3. The van der Waals surface area contributed by atoms with Crippen LogP contribution in [0.2, 0.25) is 5.02 Å². The van der Waals surface area contributed by atoms with Crippen molar-refractivity contribution in [3.63, 3.8) is 0 Å². The summed E-state index contributed by atoms with van der Waals surface area (Å²) in [5, 5.41) is 3.31. The zero-order valence-electron chi connectivity index (χ0n) is 14.0. The van der Waals surface area contributed by atoms with Crippen LogP contribution in [0.4, 0.5) is 15.8 Å². The van der Waals surface area contributed by atoms with Gasteiger partial charge in [-0.15, -0.1) is 0 Å². The third-order valence-corrected chi connectivity index (χ3v) is 5.73. The van der Waals surface area contributed by atoms with E-state index >= 15 is 0 Å². The van der Waals surface area contributed by atoms with Crippen LogP contribution in [-0.2, 0) is 4.79 Å². The number of carbonyl (C=O) groups excluding carboxylic acids is 1. The van der Waals surface area contributed by atoms with E-state index in [0.29, 0.717) is 11.4 Å². The fourth-order valence-corrected chi connectivity index (χ4v) is 4.29. The van der Waals surface area contributed by atoms with E-state index in [-0.39, 0.29) is 17.0 Å². The van der Waals surface area contributed by atoms with Gasteiger partial charge >= 0.3 is 0 Å². The molecule has 2 fully saturated rings. The Kier molecular flexibility index (Phi) is 4.18. The molecular weight excluding hydrogens is 353 g/mol. The highest BCUT2D eigenvalue weighted by Crippen LogP contribution is 2.57. The molecule has 1 N–H and O–H groups in total. The summed E-state index contributed by atoms with van der Waals surface area (Å²) in [4.78, 5) is 18.3. The van der Waals surface area contributed by atoms with E-state index in [1.165, 1.54) is 12.1 Å². The van der Waals surface area contributed by atoms with Crippen LogP contribution >= 0.6 is 11.6 Å². The Hall–Kier alpha value is -2.42. The molecule has 1 atom stereocenters. The molecule has 2 aromatic carbocycles. The van der Waals surface area contributed by atoms with Crippen LogP contribution in [0.1, 0.15) is 24.4 Å². The average molecular weight is 370 g/mol. The van der Waals surface area contributed by atoms with Crippen molar-refractivity contribution < 1.29 is 9.18 Å². The van der Waals surface area contributed by atoms with Crippen molar-refractivity contribution in [1.82, 2.24) is 5.32 Å². The highest BCUT2D eigenvalue weighted by molar-refractivity contribution is 6.31. The molecule has 2 aromatic rings. The second-order valence-electron chi connectivity index (χ2n) is 6.79. The summed E-state index contributed by atoms with van der Waals surface area (Å²) in [5.74, 6) is -0.446. The SMILES string of the molecule is [C-]#[N+]c1ccc(C2N(c3ccc(F)c(Cl)c3)C(=O)C23CCNCC3)cc1. The van der Waals surface area contributed by atoms with E-state index in [0.717, 1.165) is 31.5 Å². The summed E-state index contributed by atoms with van der Waals surface area (Å²) in [7, 11) is 0. The Morgan fingerprint density at radius 3 is 2.50 bits per heavy atom. The Bertz CT molecular complexity index is 900. The van der Waals surface area contributed by atoms with Gasteiger partial charge in [-0.25, -0.2) is 9.24 Å². The first-order chi connectivity index (χ1) is 12.6. The largest absolute Gasteiger partial charge is 0.317 e. The van der Waals surface area contributed by atoms with Gasteiger partial charge in [-0.05, 0) is 49.7 Å². The van der Waals surface area contributed by atoms with Gasteiger partial charge in [0.05, 0.1) is 23.1 Å². The minimum absolute atomic E-state index is 0.00339. The molecule has 2 aliphatic heterocycles. The third kappa shape index (κ3) is 2.49. The lowest BCUT2D eigenvalue weighted by molar-refractivity contribution is -0.142. The second-order valence-corrected chi connectivity index (χ2v) is 7.19. The van der Waals surface area contributed by atoms with Gasteiger partial charge in [-0.3, -0.25) is 4.79 Å². The van der Waals surface area contributed by atoms with E-state index in [1.807, 2.05) is 12.1 Å². The predicted molar refractivity (Wildman–Crippen MR) is 98.9 cm³/mol. The van der Waals surface area contributed by atoms with Gasteiger partial charge in [0, 0.05) is 5.69 Å². The van der Waals surface area contributed by atoms with Gasteiger partial charge < -0.3 is 10.2 Å². The van der Waals surface area contributed by atoms with Crippen molar-refractivity contribution in [3.05, 3.63) is 70.3 Å². The molecule has 0 saturated carbocycles. The highest BCUT2D eigenvalue weighted by atomic mass is 35.5. The van der Waals surface area contributed by atoms with Gasteiger partial charge in [0.2, 0.25) is 5.91 Å². The monoisotopic (exact) mass is 369 g/mol. The molecule has 0 radical (unpaired) electrons. The summed E-state index contributed by atoms with van der Waals surface area (Å²) < 4.78 is 13.6. The highest BCUT2D eigenvalue weighted by Gasteiger charge is 2.61. The van der Waals surface area contributed by atoms with Crippen LogP contribution in [0, 0.1) is 17.8 Å². The number of rotatable bonds is 2. The van der Waals surface area contributed by atoms with Crippen LogP contribution in [0.5, 0.6) is 0 Å². The molecule has 0 aromatic heterocycles. The molecule has 132 valence electrons. The van der Waals surface area contributed by atoms with Gasteiger partial charge in [0.25, 0.3) is 0 Å². The number of nitrogens with zero attached hydrogens (tertiary/aromatic N) is 2. The zero-order chi connectivity index (χ0) is 18.3. The average Bonchev–Trinajstić information content (AvgIpc) is 2.68. The van der Waals surface area contributed by atoms with Crippen LogP contribution in [0.3, 0.4) is 0 Å². The maximum absolute atomic E-state index is 13.6. The number of hydrogen-bond acceptors (Lipinski definition) is 2. The number of carbonyl (C=O) groups is 1. The molecule has 1 amide bonds. The van der Waals surface area contributed by atoms with Crippen molar-refractivity contribution in [1.29, 1.82) is 0 Å². The number of piperidine rings is 1. The molecule has 2 heterocycles. The van der Waals surface area contributed by atoms with E-state index in [1.54, 1.807) is 23.1 Å². The number of β-lactam (4-membered cyclic amide) rings is 1. The topological polar surface area (TPSA) is 36.7 Å². The summed E-state index contributed by atoms with van der Waals surface area (Å²) in [6.07, 6.45) is 1.51. The minimum atomic E-state index is -0.502. The maximum atomic E-state index is 13.6. The number of nitrogens with one attached hydrogen (secondary N) is 1. The van der Waals surface area contributed by atoms with Crippen molar-refractivity contribution >= 4 is 28.9 Å². The molecule has 4 rings (SSSR count). The molecule has 2 aliphatic rings. The molecule has 1 unspecified atom stereocenters. The fraction of sp³-hybridized carbons (Fsp3) is 0.300. The van der Waals surface area contributed by atoms with Gasteiger partial charge in [-0.2, -0.15) is 0 Å². The Morgan fingerprint density at radius 1 is 1.19 bits per heavy atom. The van der Waals surface area contributed by atoms with Crippen molar-refractivity contribution in [3.8, 4) is 0 Å². The molecule has 6 heteroatoms. The van der Waals surface area contributed by atoms with E-state index < -0.39 is 11.2 Å². The molecule has 4 nitrogen and oxygen atoms in total. The summed E-state index contributed by atoms with van der Waals surface area (Å²) in [6, 6.07) is 11.6. The van der Waals surface area contributed by atoms with E-state index in [2.05, 4.69) is 10.2 Å². The second kappa shape index (κ2) is 6.39. The lowest BCUT2D eigenvalue weighted by Gasteiger charge is -2.58. The van der Waals surface area contributed by atoms with E-state index in [4.69, 9.17) is 18.2 Å². The van der Waals surface area contributed by atoms with Crippen LogP contribution < -0.4 is 10.2 Å². The number of halogens is 2. The van der Waals surface area contributed by atoms with E-state index in [9.17, 15) is 9.18 Å². The first kappa shape index (κ1) is 17.0. The van der Waals surface area contributed by atoms with Crippen molar-refractivity contribution in [2.75, 3.05) is 18.0 Å². The number of benzene rings is 2. The molecule has 26 heavy (non-hydrogen) atoms. The Morgan fingerprint density at radius 2 is 1.88 bits per heavy atom. The standard InChI is InChI=1S/C20H17ClFN3O/c1-23-14-4-2-13(3-5-14)18-20(8-10-24-11-9-20)19(26)25(18)15-6-7-17(22)16(21)12-15/h2-7,12,18,24H,8-11H2. The van der Waals surface area contributed by atoms with Crippen LogP contribution in [0.25, 0.3) is 4.85 Å². The summed E-state index contributed by atoms with van der Waals surface area (Å²) in [6.45, 7) is 8.71. The number of amides is 1. The maximum Gasteiger partial charge on any atom is 0.236 e. The number of hydrogen-bond donors (Lipinski definition) is 1. The number of anilines is 1. The zero-order valence-corrected chi connectivity index (χ0v) is 14.8. The molecule has 2 saturated heterocycles. The predicted octanol–water partition coefficient (Wildman–Crippen LogP) is 4.49. The van der Waals surface area contributed by atoms with Gasteiger partial charge in [0.1, 0.15) is 5.82 Å². The lowest BCUT2D eigenvalue weighted by Crippen LogP contribution is -2.66. The first-order valence-electron chi connectivity index (χ1n) is 8.54. The molecule has 0 bridgehead atoms. The smallest absolute Gasteiger partial charge is 0.236 e. The van der Waals surface area contributed by atoms with Crippen molar-refractivity contribution in [2.45, 2.75) is 18.9 Å². The van der Waals surface area contributed by atoms with Gasteiger partial charge in [-0.1, -0.05) is 35.9 Å². The quantitative estimate of drug-likeness (QED) is 0.625. The minimum Gasteiger partial charge on any atom is -0.317 e. The van der Waals surface area contributed by atoms with Gasteiger partial charge in [0.15, 0.2) is 5.69 Å². The molecule has 1 spiro atoms. The first-order valence-corrected chi connectivity index (χ1v) is 8.91.